The van der Waals surface area contributed by atoms with E-state index in [9.17, 15) is 4.79 Å². The molecular formula is C20H22N4O2. The summed E-state index contributed by atoms with van der Waals surface area (Å²) in [5, 5.41) is 8.26. The fourth-order valence-electron chi connectivity index (χ4n) is 2.89. The third kappa shape index (κ3) is 3.54. The molecule has 0 spiro atoms. The number of carbonyl (C=O) groups excluding carboxylic acids is 1. The number of nitrogens with one attached hydrogen (secondary N) is 2. The second kappa shape index (κ2) is 7.74. The molecular weight excluding hydrogens is 328 g/mol. The van der Waals surface area contributed by atoms with E-state index in [0.717, 1.165) is 27.8 Å². The Bertz CT molecular complexity index is 960. The van der Waals surface area contributed by atoms with Gasteiger partial charge >= 0.3 is 0 Å². The van der Waals surface area contributed by atoms with Gasteiger partial charge in [-0.05, 0) is 25.1 Å². The molecule has 0 fully saturated rings. The minimum absolute atomic E-state index is 0.103. The van der Waals surface area contributed by atoms with Gasteiger partial charge in [-0.2, -0.15) is 5.10 Å². The monoisotopic (exact) mass is 350 g/mol. The van der Waals surface area contributed by atoms with Crippen LogP contribution in [0.25, 0.3) is 10.9 Å². The summed E-state index contributed by atoms with van der Waals surface area (Å²) in [5.74, 6) is 0.459. The van der Waals surface area contributed by atoms with Crippen molar-refractivity contribution < 1.29 is 9.53 Å². The lowest BCUT2D eigenvalue weighted by Gasteiger charge is -2.09. The van der Waals surface area contributed by atoms with Crippen LogP contribution in [-0.4, -0.2) is 30.3 Å². The van der Waals surface area contributed by atoms with Gasteiger partial charge in [-0.25, -0.2) is 5.43 Å². The number of carbonyl (C=O) groups is 1. The first-order valence-electron chi connectivity index (χ1n) is 8.34. The molecule has 0 saturated heterocycles. The standard InChI is InChI=1S/C20H22N4O2/c1-14-16(15-8-4-6-10-18(15)24(14)2)12-22-23-20(25)13-21-17-9-5-7-11-19(17)26-3/h4-12,21H,13H2,1-3H3,(H,23,25)/b22-12-. The largest absolute Gasteiger partial charge is 0.495 e. The highest BCUT2D eigenvalue weighted by molar-refractivity contribution is 6.01. The van der Waals surface area contributed by atoms with Crippen molar-refractivity contribution in [1.29, 1.82) is 0 Å². The number of para-hydroxylation sites is 3. The molecule has 2 N–H and O–H groups in total. The van der Waals surface area contributed by atoms with Crippen LogP contribution in [0.3, 0.4) is 0 Å². The Morgan fingerprint density at radius 1 is 1.19 bits per heavy atom. The molecule has 1 heterocycles. The van der Waals surface area contributed by atoms with Crippen molar-refractivity contribution in [2.24, 2.45) is 12.1 Å². The van der Waals surface area contributed by atoms with Gasteiger partial charge in [0.05, 0.1) is 25.6 Å². The highest BCUT2D eigenvalue weighted by Gasteiger charge is 2.09. The van der Waals surface area contributed by atoms with E-state index >= 15 is 0 Å². The summed E-state index contributed by atoms with van der Waals surface area (Å²) >= 11 is 0. The van der Waals surface area contributed by atoms with E-state index in [0.29, 0.717) is 5.75 Å². The Kier molecular flexibility index (Phi) is 5.22. The molecule has 1 amide bonds. The van der Waals surface area contributed by atoms with Crippen molar-refractivity contribution in [2.45, 2.75) is 6.92 Å². The molecule has 0 radical (unpaired) electrons. The van der Waals surface area contributed by atoms with Gasteiger partial charge in [0.1, 0.15) is 5.75 Å². The second-order valence-corrected chi connectivity index (χ2v) is 5.92. The van der Waals surface area contributed by atoms with Crippen LogP contribution in [0.1, 0.15) is 11.3 Å². The summed E-state index contributed by atoms with van der Waals surface area (Å²) in [5.41, 5.74) is 6.55. The highest BCUT2D eigenvalue weighted by atomic mass is 16.5. The van der Waals surface area contributed by atoms with Crippen LogP contribution >= 0.6 is 0 Å². The van der Waals surface area contributed by atoms with Crippen molar-refractivity contribution in [3.8, 4) is 5.75 Å². The zero-order chi connectivity index (χ0) is 18.5. The predicted molar refractivity (Wildman–Crippen MR) is 105 cm³/mol. The Hall–Kier alpha value is -3.28. The Balaban J connectivity index is 1.64. The van der Waals surface area contributed by atoms with E-state index in [4.69, 9.17) is 4.74 Å². The van der Waals surface area contributed by atoms with Crippen molar-refractivity contribution >= 4 is 28.7 Å². The quantitative estimate of drug-likeness (QED) is 0.530. The molecule has 0 aliphatic rings. The normalized spacial score (nSPS) is 11.0. The molecule has 0 saturated carbocycles. The second-order valence-electron chi connectivity index (χ2n) is 5.92. The molecule has 0 aliphatic heterocycles. The van der Waals surface area contributed by atoms with Crippen LogP contribution in [0, 0.1) is 6.92 Å². The first kappa shape index (κ1) is 17.5. The molecule has 26 heavy (non-hydrogen) atoms. The predicted octanol–water partition coefficient (Wildman–Crippen LogP) is 3.06. The van der Waals surface area contributed by atoms with Gasteiger partial charge in [-0.1, -0.05) is 30.3 Å². The molecule has 2 aromatic carbocycles. The SMILES string of the molecule is COc1ccccc1NCC(=O)N/N=C\c1c(C)n(C)c2ccccc12. The maximum atomic E-state index is 12.0. The summed E-state index contributed by atoms with van der Waals surface area (Å²) in [4.78, 5) is 12.0. The van der Waals surface area contributed by atoms with Gasteiger partial charge in [0.25, 0.3) is 5.91 Å². The Labute approximate surface area is 152 Å². The number of rotatable bonds is 6. The fraction of sp³-hybridized carbons (Fsp3) is 0.200. The molecule has 1 aromatic heterocycles. The lowest BCUT2D eigenvalue weighted by atomic mass is 10.1. The number of hydrogen-bond acceptors (Lipinski definition) is 4. The van der Waals surface area contributed by atoms with Crippen molar-refractivity contribution in [2.75, 3.05) is 19.0 Å². The van der Waals surface area contributed by atoms with Crippen LogP contribution in [-0.2, 0) is 11.8 Å². The van der Waals surface area contributed by atoms with Gasteiger partial charge in [-0.3, -0.25) is 4.79 Å². The number of ether oxygens (including phenoxy) is 1. The molecule has 0 atom stereocenters. The third-order valence-corrected chi connectivity index (χ3v) is 4.38. The average Bonchev–Trinajstić information content (AvgIpc) is 2.91. The number of aromatic nitrogens is 1. The maximum Gasteiger partial charge on any atom is 0.259 e. The summed E-state index contributed by atoms with van der Waals surface area (Å²) < 4.78 is 7.36. The first-order valence-corrected chi connectivity index (χ1v) is 8.34. The van der Waals surface area contributed by atoms with Gasteiger partial charge in [-0.15, -0.1) is 0 Å². The summed E-state index contributed by atoms with van der Waals surface area (Å²) in [6.45, 7) is 2.14. The molecule has 134 valence electrons. The average molecular weight is 350 g/mol. The summed E-state index contributed by atoms with van der Waals surface area (Å²) in [6, 6.07) is 15.6. The number of aryl methyl sites for hydroxylation is 1. The zero-order valence-corrected chi connectivity index (χ0v) is 15.1. The molecule has 3 aromatic rings. The van der Waals surface area contributed by atoms with Gasteiger partial charge in [0.2, 0.25) is 0 Å². The van der Waals surface area contributed by atoms with E-state index < -0.39 is 0 Å². The summed E-state index contributed by atoms with van der Waals surface area (Å²) in [7, 11) is 3.61. The Morgan fingerprint density at radius 2 is 1.92 bits per heavy atom. The van der Waals surface area contributed by atoms with Crippen molar-refractivity contribution in [3.63, 3.8) is 0 Å². The topological polar surface area (TPSA) is 67.7 Å². The van der Waals surface area contributed by atoms with E-state index in [1.807, 2.05) is 50.4 Å². The number of benzene rings is 2. The lowest BCUT2D eigenvalue weighted by molar-refractivity contribution is -0.119. The van der Waals surface area contributed by atoms with Crippen LogP contribution in [0.15, 0.2) is 53.6 Å². The minimum atomic E-state index is -0.231. The number of methoxy groups -OCH3 is 1. The molecule has 0 bridgehead atoms. The lowest BCUT2D eigenvalue weighted by Crippen LogP contribution is -2.26. The Morgan fingerprint density at radius 3 is 2.73 bits per heavy atom. The van der Waals surface area contributed by atoms with E-state index in [1.165, 1.54) is 0 Å². The van der Waals surface area contributed by atoms with E-state index in [2.05, 4.69) is 32.5 Å². The number of fused-ring (bicyclic) bond motifs is 1. The highest BCUT2D eigenvalue weighted by Crippen LogP contribution is 2.23. The van der Waals surface area contributed by atoms with Gasteiger partial charge in [0, 0.05) is 29.2 Å². The number of hydrazone groups is 1. The number of nitrogens with zero attached hydrogens (tertiary/aromatic N) is 2. The van der Waals surface area contributed by atoms with Crippen LogP contribution < -0.4 is 15.5 Å². The van der Waals surface area contributed by atoms with Crippen molar-refractivity contribution in [3.05, 3.63) is 59.8 Å². The van der Waals surface area contributed by atoms with E-state index in [1.54, 1.807) is 13.3 Å². The smallest absolute Gasteiger partial charge is 0.259 e. The molecule has 6 heteroatoms. The fourth-order valence-corrected chi connectivity index (χ4v) is 2.89. The third-order valence-electron chi connectivity index (χ3n) is 4.38. The number of amides is 1. The van der Waals surface area contributed by atoms with Crippen LogP contribution in [0.2, 0.25) is 0 Å². The van der Waals surface area contributed by atoms with Crippen LogP contribution in [0.5, 0.6) is 5.75 Å². The number of hydrogen-bond donors (Lipinski definition) is 2. The van der Waals surface area contributed by atoms with Crippen molar-refractivity contribution in [1.82, 2.24) is 9.99 Å². The maximum absolute atomic E-state index is 12.0. The molecule has 3 rings (SSSR count). The zero-order valence-electron chi connectivity index (χ0n) is 15.1. The molecule has 6 nitrogen and oxygen atoms in total. The van der Waals surface area contributed by atoms with Gasteiger partial charge < -0.3 is 14.6 Å². The summed E-state index contributed by atoms with van der Waals surface area (Å²) in [6.07, 6.45) is 1.69. The number of anilines is 1. The van der Waals surface area contributed by atoms with Gasteiger partial charge in [0.15, 0.2) is 0 Å². The molecule has 0 unspecified atom stereocenters. The van der Waals surface area contributed by atoms with Crippen LogP contribution in [0.4, 0.5) is 5.69 Å². The molecule has 0 aliphatic carbocycles. The first-order chi connectivity index (χ1) is 12.6. The minimum Gasteiger partial charge on any atom is -0.495 e. The van der Waals surface area contributed by atoms with E-state index in [-0.39, 0.29) is 12.5 Å².